The van der Waals surface area contributed by atoms with E-state index >= 15 is 0 Å². The van der Waals surface area contributed by atoms with Gasteiger partial charge >= 0.3 is 5.97 Å². The third-order valence-electron chi connectivity index (χ3n) is 4.34. The van der Waals surface area contributed by atoms with Crippen molar-refractivity contribution < 1.29 is 23.9 Å². The molecule has 0 bridgehead atoms. The Balaban J connectivity index is 1.65. The van der Waals surface area contributed by atoms with E-state index < -0.39 is 18.0 Å². The second kappa shape index (κ2) is 8.77. The molecule has 7 nitrogen and oxygen atoms in total. The average Bonchev–Trinajstić information content (AvgIpc) is 2.71. The van der Waals surface area contributed by atoms with Gasteiger partial charge in [-0.1, -0.05) is 26.0 Å². The van der Waals surface area contributed by atoms with Crippen LogP contribution in [0.3, 0.4) is 0 Å². The van der Waals surface area contributed by atoms with Gasteiger partial charge in [-0.05, 0) is 49.2 Å². The van der Waals surface area contributed by atoms with Crippen molar-refractivity contribution >= 4 is 29.2 Å². The maximum Gasteiger partial charge on any atom is 0.338 e. The van der Waals surface area contributed by atoms with Gasteiger partial charge in [0.1, 0.15) is 12.3 Å². The quantitative estimate of drug-likeness (QED) is 0.758. The van der Waals surface area contributed by atoms with E-state index in [4.69, 9.17) is 9.47 Å². The Bertz CT molecular complexity index is 908. The summed E-state index contributed by atoms with van der Waals surface area (Å²) in [6, 6.07) is 13.6. The standard InChI is InChI=1S/C22H24N2O5/c1-14(2)13-28-17-10-8-16(9-11-17)22(27)29-15(3)21(26)24-12-20(25)23-18-6-4-5-7-19(18)24/h4-11,14-15H,12-13H2,1-3H3,(H,23,25)/t15-/m1/s1. The molecule has 29 heavy (non-hydrogen) atoms. The summed E-state index contributed by atoms with van der Waals surface area (Å²) in [5.74, 6) is -0.315. The maximum atomic E-state index is 12.8. The lowest BCUT2D eigenvalue weighted by molar-refractivity contribution is -0.128. The minimum absolute atomic E-state index is 0.125. The monoisotopic (exact) mass is 396 g/mol. The van der Waals surface area contributed by atoms with E-state index in [1.54, 1.807) is 48.5 Å². The largest absolute Gasteiger partial charge is 0.493 e. The number of fused-ring (bicyclic) bond motifs is 1. The molecule has 1 N–H and O–H groups in total. The molecule has 0 aliphatic carbocycles. The normalized spacial score (nSPS) is 14.1. The summed E-state index contributed by atoms with van der Waals surface area (Å²) in [6.45, 7) is 6.05. The Morgan fingerprint density at radius 1 is 1.07 bits per heavy atom. The number of hydrogen-bond acceptors (Lipinski definition) is 5. The van der Waals surface area contributed by atoms with E-state index in [9.17, 15) is 14.4 Å². The summed E-state index contributed by atoms with van der Waals surface area (Å²) in [5, 5.41) is 2.72. The van der Waals surface area contributed by atoms with Crippen molar-refractivity contribution in [1.82, 2.24) is 0 Å². The molecule has 2 aromatic carbocycles. The average molecular weight is 396 g/mol. The second-order valence-electron chi connectivity index (χ2n) is 7.27. The first kappa shape index (κ1) is 20.4. The Morgan fingerprint density at radius 3 is 2.45 bits per heavy atom. The van der Waals surface area contributed by atoms with Crippen LogP contribution in [0.25, 0.3) is 0 Å². The number of rotatable bonds is 6. The van der Waals surface area contributed by atoms with Gasteiger partial charge in [0.05, 0.1) is 23.5 Å². The van der Waals surface area contributed by atoms with E-state index in [2.05, 4.69) is 19.2 Å². The zero-order valence-corrected chi connectivity index (χ0v) is 16.7. The Morgan fingerprint density at radius 2 is 1.76 bits per heavy atom. The maximum absolute atomic E-state index is 12.8. The molecular weight excluding hydrogens is 372 g/mol. The van der Waals surface area contributed by atoms with Gasteiger partial charge < -0.3 is 14.8 Å². The molecule has 1 heterocycles. The number of esters is 1. The van der Waals surface area contributed by atoms with Gasteiger partial charge in [0, 0.05) is 0 Å². The lowest BCUT2D eigenvalue weighted by Crippen LogP contribution is -2.47. The SMILES string of the molecule is CC(C)COc1ccc(C(=O)O[C@H](C)C(=O)N2CC(=O)Nc3ccccc32)cc1. The minimum atomic E-state index is -1.04. The van der Waals surface area contributed by atoms with Gasteiger partial charge in [-0.2, -0.15) is 0 Å². The van der Waals surface area contributed by atoms with E-state index in [-0.39, 0.29) is 12.5 Å². The van der Waals surface area contributed by atoms with Crippen LogP contribution in [0.5, 0.6) is 5.75 Å². The van der Waals surface area contributed by atoms with Crippen LogP contribution in [0.1, 0.15) is 31.1 Å². The molecule has 2 aromatic rings. The predicted octanol–water partition coefficient (Wildman–Crippen LogP) is 3.25. The van der Waals surface area contributed by atoms with E-state index in [1.807, 2.05) is 0 Å². The lowest BCUT2D eigenvalue weighted by Gasteiger charge is -2.30. The molecule has 2 amide bonds. The fourth-order valence-electron chi connectivity index (χ4n) is 2.88. The molecule has 0 saturated heterocycles. The van der Waals surface area contributed by atoms with Gasteiger partial charge in [0.25, 0.3) is 5.91 Å². The molecule has 1 aliphatic heterocycles. The number of para-hydroxylation sites is 2. The molecule has 0 fully saturated rings. The van der Waals surface area contributed by atoms with E-state index in [1.165, 1.54) is 11.8 Å². The second-order valence-corrected chi connectivity index (χ2v) is 7.27. The minimum Gasteiger partial charge on any atom is -0.493 e. The summed E-state index contributed by atoms with van der Waals surface area (Å²) < 4.78 is 10.9. The van der Waals surface area contributed by atoms with Crippen molar-refractivity contribution in [2.45, 2.75) is 26.9 Å². The van der Waals surface area contributed by atoms with Crippen molar-refractivity contribution in [3.05, 3.63) is 54.1 Å². The molecule has 1 aliphatic rings. The van der Waals surface area contributed by atoms with Crippen LogP contribution in [-0.4, -0.2) is 37.0 Å². The highest BCUT2D eigenvalue weighted by Crippen LogP contribution is 2.29. The summed E-state index contributed by atoms with van der Waals surface area (Å²) in [7, 11) is 0. The first-order valence-electron chi connectivity index (χ1n) is 9.49. The first-order valence-corrected chi connectivity index (χ1v) is 9.49. The fourth-order valence-corrected chi connectivity index (χ4v) is 2.88. The molecule has 3 rings (SSSR count). The molecular formula is C22H24N2O5. The van der Waals surface area contributed by atoms with Gasteiger partial charge in [0.15, 0.2) is 6.10 Å². The van der Waals surface area contributed by atoms with Crippen molar-refractivity contribution in [1.29, 1.82) is 0 Å². The molecule has 0 saturated carbocycles. The van der Waals surface area contributed by atoms with Crippen LogP contribution in [-0.2, 0) is 14.3 Å². The number of nitrogens with zero attached hydrogens (tertiary/aromatic N) is 1. The fraction of sp³-hybridized carbons (Fsp3) is 0.318. The smallest absolute Gasteiger partial charge is 0.338 e. The highest BCUT2D eigenvalue weighted by molar-refractivity contribution is 6.11. The number of amides is 2. The third-order valence-corrected chi connectivity index (χ3v) is 4.34. The number of nitrogens with one attached hydrogen (secondary N) is 1. The molecule has 7 heteroatoms. The highest BCUT2D eigenvalue weighted by atomic mass is 16.5. The summed E-state index contributed by atoms with van der Waals surface area (Å²) >= 11 is 0. The highest BCUT2D eigenvalue weighted by Gasteiger charge is 2.31. The van der Waals surface area contributed by atoms with E-state index in [0.29, 0.717) is 35.2 Å². The lowest BCUT2D eigenvalue weighted by atomic mass is 10.1. The Labute approximate surface area is 169 Å². The number of carbonyl (C=O) groups is 3. The summed E-state index contributed by atoms with van der Waals surface area (Å²) in [5.41, 5.74) is 1.44. The van der Waals surface area contributed by atoms with Crippen molar-refractivity contribution in [2.24, 2.45) is 5.92 Å². The summed E-state index contributed by atoms with van der Waals surface area (Å²) in [6.07, 6.45) is -1.04. The van der Waals surface area contributed by atoms with Crippen molar-refractivity contribution in [3.63, 3.8) is 0 Å². The third kappa shape index (κ3) is 4.93. The number of benzene rings is 2. The Kier molecular flexibility index (Phi) is 6.16. The van der Waals surface area contributed by atoms with Crippen molar-refractivity contribution in [3.8, 4) is 5.75 Å². The molecule has 0 spiro atoms. The zero-order valence-electron chi connectivity index (χ0n) is 16.7. The molecule has 0 unspecified atom stereocenters. The first-order chi connectivity index (χ1) is 13.8. The van der Waals surface area contributed by atoms with Gasteiger partial charge in [-0.25, -0.2) is 4.79 Å². The zero-order chi connectivity index (χ0) is 21.0. The number of ether oxygens (including phenoxy) is 2. The van der Waals surface area contributed by atoms with Crippen LogP contribution >= 0.6 is 0 Å². The van der Waals surface area contributed by atoms with Gasteiger partial charge in [0.2, 0.25) is 5.91 Å². The molecule has 0 aromatic heterocycles. The van der Waals surface area contributed by atoms with Crippen molar-refractivity contribution in [2.75, 3.05) is 23.4 Å². The van der Waals surface area contributed by atoms with Gasteiger partial charge in [-0.3, -0.25) is 14.5 Å². The van der Waals surface area contributed by atoms with Gasteiger partial charge in [-0.15, -0.1) is 0 Å². The summed E-state index contributed by atoms with van der Waals surface area (Å²) in [4.78, 5) is 38.5. The molecule has 1 atom stereocenters. The topological polar surface area (TPSA) is 84.9 Å². The van der Waals surface area contributed by atoms with Crippen LogP contribution < -0.4 is 15.0 Å². The van der Waals surface area contributed by atoms with Crippen LogP contribution in [0.4, 0.5) is 11.4 Å². The number of anilines is 2. The predicted molar refractivity (Wildman–Crippen MR) is 109 cm³/mol. The number of carbonyl (C=O) groups excluding carboxylic acids is 3. The Hall–Kier alpha value is -3.35. The van der Waals surface area contributed by atoms with E-state index in [0.717, 1.165) is 0 Å². The van der Waals surface area contributed by atoms with Crippen LogP contribution in [0.2, 0.25) is 0 Å². The van der Waals surface area contributed by atoms with Crippen LogP contribution in [0, 0.1) is 5.92 Å². The molecule has 152 valence electrons. The van der Waals surface area contributed by atoms with Crippen LogP contribution in [0.15, 0.2) is 48.5 Å². The molecule has 0 radical (unpaired) electrons. The number of hydrogen-bond donors (Lipinski definition) is 1.